The van der Waals surface area contributed by atoms with Gasteiger partial charge in [0.25, 0.3) is 0 Å². The molecule has 5 nitrogen and oxygen atoms in total. The van der Waals surface area contributed by atoms with Gasteiger partial charge in [0.05, 0.1) is 18.1 Å². The summed E-state index contributed by atoms with van der Waals surface area (Å²) in [6, 6.07) is 4.97. The summed E-state index contributed by atoms with van der Waals surface area (Å²) in [5.74, 6) is 0.325. The van der Waals surface area contributed by atoms with E-state index >= 15 is 0 Å². The summed E-state index contributed by atoms with van der Waals surface area (Å²) in [6.45, 7) is 2.98. The molecule has 86 valence electrons. The highest BCUT2D eigenvalue weighted by Crippen LogP contribution is 2.29. The van der Waals surface area contributed by atoms with E-state index in [9.17, 15) is 10.1 Å². The molecule has 0 aliphatic carbocycles. The van der Waals surface area contributed by atoms with Crippen LogP contribution in [0.15, 0.2) is 18.2 Å². The lowest BCUT2D eigenvalue weighted by Gasteiger charge is -2.11. The molecule has 0 bridgehead atoms. The third-order valence-electron chi connectivity index (χ3n) is 2.49. The van der Waals surface area contributed by atoms with E-state index in [1.807, 2.05) is 6.92 Å². The summed E-state index contributed by atoms with van der Waals surface area (Å²) in [4.78, 5) is 10.4. The van der Waals surface area contributed by atoms with Gasteiger partial charge in [-0.3, -0.25) is 10.1 Å². The van der Waals surface area contributed by atoms with E-state index in [0.717, 1.165) is 12.0 Å². The Kier molecular flexibility index (Phi) is 3.05. The van der Waals surface area contributed by atoms with Crippen LogP contribution in [-0.4, -0.2) is 24.2 Å². The lowest BCUT2D eigenvalue weighted by molar-refractivity contribution is -0.386. The number of hydrogen-bond acceptors (Lipinski definition) is 4. The van der Waals surface area contributed by atoms with Gasteiger partial charge in [0.15, 0.2) is 5.75 Å². The molecule has 0 amide bonds. The van der Waals surface area contributed by atoms with Crippen LogP contribution in [0.25, 0.3) is 0 Å². The minimum Gasteiger partial charge on any atom is -0.481 e. The van der Waals surface area contributed by atoms with Gasteiger partial charge in [0.2, 0.25) is 0 Å². The highest BCUT2D eigenvalue weighted by atomic mass is 16.6. The molecule has 1 aliphatic rings. The van der Waals surface area contributed by atoms with Crippen molar-refractivity contribution < 1.29 is 14.4 Å². The van der Waals surface area contributed by atoms with Crippen LogP contribution in [0.1, 0.15) is 12.0 Å². The quantitative estimate of drug-likeness (QED) is 0.581. The minimum atomic E-state index is -0.419. The molecule has 0 radical (unpaired) electrons. The molecule has 0 N–H and O–H groups in total. The van der Waals surface area contributed by atoms with Crippen molar-refractivity contribution in [2.45, 2.75) is 19.4 Å². The lowest BCUT2D eigenvalue weighted by atomic mass is 10.2. The maximum absolute atomic E-state index is 10.8. The fraction of sp³-hybridized carbons (Fsp3) is 0.455. The Morgan fingerprint density at radius 1 is 1.56 bits per heavy atom. The zero-order valence-electron chi connectivity index (χ0n) is 9.01. The molecule has 1 heterocycles. The van der Waals surface area contributed by atoms with Gasteiger partial charge in [-0.25, -0.2) is 0 Å². The monoisotopic (exact) mass is 223 g/mol. The molecule has 1 atom stereocenters. The second-order valence-corrected chi connectivity index (χ2v) is 3.83. The normalized spacial score (nSPS) is 19.7. The Labute approximate surface area is 93.1 Å². The van der Waals surface area contributed by atoms with E-state index in [1.54, 1.807) is 12.1 Å². The number of rotatable bonds is 3. The maximum Gasteiger partial charge on any atom is 0.311 e. The lowest BCUT2D eigenvalue weighted by Crippen LogP contribution is -2.16. The number of benzene rings is 1. The topological polar surface area (TPSA) is 61.6 Å². The molecule has 0 saturated carbocycles. The van der Waals surface area contributed by atoms with Gasteiger partial charge in [-0.05, 0) is 18.6 Å². The van der Waals surface area contributed by atoms with Crippen molar-refractivity contribution in [1.29, 1.82) is 0 Å². The van der Waals surface area contributed by atoms with Crippen LogP contribution >= 0.6 is 0 Å². The van der Waals surface area contributed by atoms with Gasteiger partial charge in [-0.15, -0.1) is 0 Å². The average Bonchev–Trinajstić information content (AvgIpc) is 2.73. The summed E-state index contributed by atoms with van der Waals surface area (Å²) < 4.78 is 10.7. The molecular formula is C11H13NO4. The summed E-state index contributed by atoms with van der Waals surface area (Å²) in [7, 11) is 0. The number of nitro groups is 1. The van der Waals surface area contributed by atoms with E-state index in [-0.39, 0.29) is 11.8 Å². The summed E-state index contributed by atoms with van der Waals surface area (Å²) in [6.07, 6.45) is 0.715. The number of nitrogens with zero attached hydrogens (tertiary/aromatic N) is 1. The maximum atomic E-state index is 10.8. The van der Waals surface area contributed by atoms with E-state index in [0.29, 0.717) is 19.0 Å². The Bertz CT molecular complexity index is 399. The van der Waals surface area contributed by atoms with Crippen LogP contribution in [0, 0.1) is 17.0 Å². The van der Waals surface area contributed by atoms with Gasteiger partial charge in [0.1, 0.15) is 6.10 Å². The number of aryl methyl sites for hydroxylation is 1. The molecule has 1 aliphatic heterocycles. The van der Waals surface area contributed by atoms with Crippen molar-refractivity contribution in [1.82, 2.24) is 0 Å². The number of nitro benzene ring substituents is 1. The average molecular weight is 223 g/mol. The Morgan fingerprint density at radius 2 is 2.38 bits per heavy atom. The molecule has 5 heteroatoms. The van der Waals surface area contributed by atoms with Crippen molar-refractivity contribution in [2.24, 2.45) is 0 Å². The SMILES string of the molecule is Cc1ccc(OC2CCOC2)c([N+](=O)[O-])c1. The van der Waals surface area contributed by atoms with Gasteiger partial charge >= 0.3 is 5.69 Å². The van der Waals surface area contributed by atoms with Crippen molar-refractivity contribution in [3.8, 4) is 5.75 Å². The van der Waals surface area contributed by atoms with Crippen LogP contribution < -0.4 is 4.74 Å². The van der Waals surface area contributed by atoms with Crippen LogP contribution in [0.3, 0.4) is 0 Å². The van der Waals surface area contributed by atoms with E-state index in [4.69, 9.17) is 9.47 Å². The van der Waals surface area contributed by atoms with E-state index < -0.39 is 4.92 Å². The molecule has 1 aromatic rings. The minimum absolute atomic E-state index is 0.0203. The molecule has 1 aromatic carbocycles. The van der Waals surface area contributed by atoms with Crippen molar-refractivity contribution in [3.63, 3.8) is 0 Å². The van der Waals surface area contributed by atoms with Gasteiger partial charge < -0.3 is 9.47 Å². The fourth-order valence-electron chi connectivity index (χ4n) is 1.66. The first-order valence-electron chi connectivity index (χ1n) is 5.16. The van der Waals surface area contributed by atoms with Crippen LogP contribution in [0.5, 0.6) is 5.75 Å². The predicted octanol–water partition coefficient (Wildman–Crippen LogP) is 2.07. The number of ether oxygens (including phenoxy) is 2. The molecule has 1 saturated heterocycles. The second kappa shape index (κ2) is 4.49. The molecule has 1 unspecified atom stereocenters. The van der Waals surface area contributed by atoms with E-state index in [1.165, 1.54) is 6.07 Å². The van der Waals surface area contributed by atoms with Crippen LogP contribution in [0.2, 0.25) is 0 Å². The summed E-state index contributed by atoms with van der Waals surface area (Å²) >= 11 is 0. The highest BCUT2D eigenvalue weighted by molar-refractivity contribution is 5.48. The third-order valence-corrected chi connectivity index (χ3v) is 2.49. The molecule has 1 fully saturated rings. The third kappa shape index (κ3) is 2.30. The largest absolute Gasteiger partial charge is 0.481 e. The predicted molar refractivity (Wildman–Crippen MR) is 57.7 cm³/mol. The van der Waals surface area contributed by atoms with Crippen LogP contribution in [-0.2, 0) is 4.74 Å². The van der Waals surface area contributed by atoms with Gasteiger partial charge in [-0.1, -0.05) is 6.07 Å². The van der Waals surface area contributed by atoms with Crippen molar-refractivity contribution in [2.75, 3.05) is 13.2 Å². The Hall–Kier alpha value is -1.62. The van der Waals surface area contributed by atoms with Crippen molar-refractivity contribution in [3.05, 3.63) is 33.9 Å². The highest BCUT2D eigenvalue weighted by Gasteiger charge is 2.22. The molecule has 2 rings (SSSR count). The van der Waals surface area contributed by atoms with Gasteiger partial charge in [-0.2, -0.15) is 0 Å². The summed E-state index contributed by atoms with van der Waals surface area (Å²) in [5.41, 5.74) is 0.869. The van der Waals surface area contributed by atoms with E-state index in [2.05, 4.69) is 0 Å². The van der Waals surface area contributed by atoms with Gasteiger partial charge in [0, 0.05) is 12.5 Å². The molecule has 0 spiro atoms. The standard InChI is InChI=1S/C11H13NO4/c1-8-2-3-11(10(6-8)12(13)14)16-9-4-5-15-7-9/h2-3,6,9H,4-5,7H2,1H3. The summed E-state index contributed by atoms with van der Waals surface area (Å²) in [5, 5.41) is 10.8. The first-order chi connectivity index (χ1) is 7.66. The number of hydrogen-bond donors (Lipinski definition) is 0. The Morgan fingerprint density at radius 3 is 3.00 bits per heavy atom. The zero-order valence-corrected chi connectivity index (χ0v) is 9.01. The Balaban J connectivity index is 2.21. The van der Waals surface area contributed by atoms with Crippen molar-refractivity contribution >= 4 is 5.69 Å². The first kappa shape index (κ1) is 10.9. The molecule has 16 heavy (non-hydrogen) atoms. The first-order valence-corrected chi connectivity index (χ1v) is 5.16. The molecule has 0 aromatic heterocycles. The zero-order chi connectivity index (χ0) is 11.5. The van der Waals surface area contributed by atoms with Crippen LogP contribution in [0.4, 0.5) is 5.69 Å². The smallest absolute Gasteiger partial charge is 0.311 e. The second-order valence-electron chi connectivity index (χ2n) is 3.83. The fourth-order valence-corrected chi connectivity index (χ4v) is 1.66. The molecular weight excluding hydrogens is 210 g/mol.